The Bertz CT molecular complexity index is 1440. The second-order valence-electron chi connectivity index (χ2n) is 7.11. The van der Waals surface area contributed by atoms with Crippen molar-refractivity contribution in [3.8, 4) is 0 Å². The smallest absolute Gasteiger partial charge is 0.328 e. The largest absolute Gasteiger partial charge is 0.350 e. The van der Waals surface area contributed by atoms with E-state index in [2.05, 4.69) is 20.4 Å². The van der Waals surface area contributed by atoms with Crippen molar-refractivity contribution in [3.63, 3.8) is 0 Å². The van der Waals surface area contributed by atoms with Gasteiger partial charge < -0.3 is 9.88 Å². The second-order valence-corrected chi connectivity index (χ2v) is 7.11. The molecule has 2 N–H and O–H groups in total. The third-order valence-electron chi connectivity index (χ3n) is 4.91. The topological polar surface area (TPSA) is 132 Å². The van der Waals surface area contributed by atoms with Gasteiger partial charge in [0.05, 0.1) is 29.9 Å². The summed E-state index contributed by atoms with van der Waals surface area (Å²) in [6.07, 6.45) is 3.03. The first-order valence-electron chi connectivity index (χ1n) is 9.96. The van der Waals surface area contributed by atoms with Gasteiger partial charge in [0.2, 0.25) is 5.91 Å². The van der Waals surface area contributed by atoms with Gasteiger partial charge in [-0.15, -0.1) is 0 Å². The Kier molecular flexibility index (Phi) is 6.02. The number of hydrogen-bond acceptors (Lipinski definition) is 6. The Hall–Kier alpha value is -4.34. The highest BCUT2D eigenvalue weighted by molar-refractivity contribution is 5.84. The van der Waals surface area contributed by atoms with Crippen molar-refractivity contribution in [1.82, 2.24) is 29.6 Å². The van der Waals surface area contributed by atoms with Crippen molar-refractivity contribution in [3.05, 3.63) is 104 Å². The summed E-state index contributed by atoms with van der Waals surface area (Å²) in [5, 5.41) is 8.41. The summed E-state index contributed by atoms with van der Waals surface area (Å²) in [4.78, 5) is 54.5. The number of hydrogen-bond donors (Lipinski definition) is 2. The van der Waals surface area contributed by atoms with E-state index in [1.807, 2.05) is 12.1 Å². The van der Waals surface area contributed by atoms with Crippen LogP contribution in [0.15, 0.2) is 75.3 Å². The molecule has 32 heavy (non-hydrogen) atoms. The summed E-state index contributed by atoms with van der Waals surface area (Å²) in [6, 6.07) is 13.8. The first kappa shape index (κ1) is 20.9. The third-order valence-corrected chi connectivity index (χ3v) is 4.91. The van der Waals surface area contributed by atoms with Crippen molar-refractivity contribution in [2.75, 3.05) is 0 Å². The SMILES string of the molecule is O=C(CCn1ccc(=O)[nH]c1=O)NCc1nn(Cc2ccccn2)c(=O)c2ccccc12. The lowest BCUT2D eigenvalue weighted by Gasteiger charge is -2.12. The minimum absolute atomic E-state index is 0.0391. The summed E-state index contributed by atoms with van der Waals surface area (Å²) < 4.78 is 2.59. The maximum absolute atomic E-state index is 12.9. The second kappa shape index (κ2) is 9.21. The van der Waals surface area contributed by atoms with Gasteiger partial charge in [0.1, 0.15) is 0 Å². The molecule has 0 saturated carbocycles. The number of benzene rings is 1. The molecule has 1 amide bonds. The third kappa shape index (κ3) is 4.69. The molecule has 162 valence electrons. The van der Waals surface area contributed by atoms with Gasteiger partial charge in [-0.05, 0) is 18.2 Å². The molecule has 4 aromatic rings. The molecule has 0 unspecified atom stereocenters. The highest BCUT2D eigenvalue weighted by Crippen LogP contribution is 2.13. The maximum atomic E-state index is 12.9. The van der Waals surface area contributed by atoms with Crippen LogP contribution in [0.3, 0.4) is 0 Å². The number of carbonyl (C=O) groups excluding carboxylic acids is 1. The Morgan fingerprint density at radius 1 is 1.00 bits per heavy atom. The normalized spacial score (nSPS) is 10.9. The van der Waals surface area contributed by atoms with Crippen LogP contribution in [0, 0.1) is 0 Å². The molecule has 3 aromatic heterocycles. The predicted molar refractivity (Wildman–Crippen MR) is 117 cm³/mol. The van der Waals surface area contributed by atoms with Crippen molar-refractivity contribution in [2.24, 2.45) is 0 Å². The molecule has 0 bridgehead atoms. The van der Waals surface area contributed by atoms with E-state index in [0.29, 0.717) is 22.2 Å². The Labute approximate surface area is 181 Å². The molecule has 10 nitrogen and oxygen atoms in total. The Balaban J connectivity index is 1.52. The fourth-order valence-electron chi connectivity index (χ4n) is 3.30. The van der Waals surface area contributed by atoms with E-state index in [4.69, 9.17) is 0 Å². The fourth-order valence-corrected chi connectivity index (χ4v) is 3.30. The number of nitrogens with zero attached hydrogens (tertiary/aromatic N) is 4. The Morgan fingerprint density at radius 2 is 1.78 bits per heavy atom. The van der Waals surface area contributed by atoms with Gasteiger partial charge in [-0.2, -0.15) is 5.10 Å². The molecule has 3 heterocycles. The number of aromatic nitrogens is 5. The summed E-state index contributed by atoms with van der Waals surface area (Å²) in [5.41, 5.74) is -0.0581. The van der Waals surface area contributed by atoms with E-state index in [-0.39, 0.29) is 37.5 Å². The molecule has 0 fully saturated rings. The molecule has 0 saturated heterocycles. The van der Waals surface area contributed by atoms with Crippen LogP contribution in [0.1, 0.15) is 17.8 Å². The molecule has 4 rings (SSSR count). The molecular formula is C22H20N6O4. The number of H-pyrrole nitrogens is 1. The van der Waals surface area contributed by atoms with Gasteiger partial charge in [-0.1, -0.05) is 24.3 Å². The average Bonchev–Trinajstić information content (AvgIpc) is 2.80. The van der Waals surface area contributed by atoms with Crippen molar-refractivity contribution >= 4 is 16.7 Å². The van der Waals surface area contributed by atoms with E-state index < -0.39 is 11.2 Å². The highest BCUT2D eigenvalue weighted by Gasteiger charge is 2.12. The van der Waals surface area contributed by atoms with Gasteiger partial charge in [-0.3, -0.25) is 24.4 Å². The predicted octanol–water partition coefficient (Wildman–Crippen LogP) is 0.396. The van der Waals surface area contributed by atoms with Gasteiger partial charge in [-0.25, -0.2) is 9.48 Å². The van der Waals surface area contributed by atoms with E-state index in [1.54, 1.807) is 36.5 Å². The van der Waals surface area contributed by atoms with Crippen LogP contribution in [0.4, 0.5) is 0 Å². The minimum Gasteiger partial charge on any atom is -0.350 e. The van der Waals surface area contributed by atoms with Crippen LogP contribution in [0.2, 0.25) is 0 Å². The van der Waals surface area contributed by atoms with E-state index >= 15 is 0 Å². The number of carbonyl (C=O) groups is 1. The fraction of sp³-hybridized carbons (Fsp3) is 0.182. The number of nitrogens with one attached hydrogen (secondary N) is 2. The van der Waals surface area contributed by atoms with E-state index in [1.165, 1.54) is 21.5 Å². The van der Waals surface area contributed by atoms with Crippen LogP contribution >= 0.6 is 0 Å². The Morgan fingerprint density at radius 3 is 2.53 bits per heavy atom. The lowest BCUT2D eigenvalue weighted by atomic mass is 10.1. The minimum atomic E-state index is -0.570. The molecule has 10 heteroatoms. The molecule has 0 aliphatic rings. The highest BCUT2D eigenvalue weighted by atomic mass is 16.2. The monoisotopic (exact) mass is 432 g/mol. The molecule has 0 aliphatic carbocycles. The number of pyridine rings is 1. The zero-order valence-corrected chi connectivity index (χ0v) is 17.0. The standard InChI is InChI=1S/C22H20N6O4/c29-19(8-11-27-12-9-20(30)25-22(27)32)24-13-18-16-6-1-2-7-17(16)21(31)28(26-18)14-15-5-3-4-10-23-15/h1-7,9-10,12H,8,11,13-14H2,(H,24,29)(H,25,30,32). The average molecular weight is 432 g/mol. The van der Waals surface area contributed by atoms with Crippen LogP contribution < -0.4 is 22.1 Å². The van der Waals surface area contributed by atoms with Crippen molar-refractivity contribution < 1.29 is 4.79 Å². The summed E-state index contributed by atoms with van der Waals surface area (Å²) >= 11 is 0. The number of fused-ring (bicyclic) bond motifs is 1. The van der Waals surface area contributed by atoms with Gasteiger partial charge >= 0.3 is 5.69 Å². The maximum Gasteiger partial charge on any atom is 0.328 e. The van der Waals surface area contributed by atoms with Crippen molar-refractivity contribution in [1.29, 1.82) is 0 Å². The molecular weight excluding hydrogens is 412 g/mol. The number of aryl methyl sites for hydroxylation is 1. The summed E-state index contributed by atoms with van der Waals surface area (Å²) in [7, 11) is 0. The molecule has 0 atom stereocenters. The molecule has 1 aromatic carbocycles. The zero-order valence-electron chi connectivity index (χ0n) is 17.0. The van der Waals surface area contributed by atoms with Crippen molar-refractivity contribution in [2.45, 2.75) is 26.1 Å². The lowest BCUT2D eigenvalue weighted by Crippen LogP contribution is -2.32. The first-order valence-corrected chi connectivity index (χ1v) is 9.96. The quantitative estimate of drug-likeness (QED) is 0.434. The van der Waals surface area contributed by atoms with Crippen LogP contribution in [0.5, 0.6) is 0 Å². The molecule has 0 aliphatic heterocycles. The van der Waals surface area contributed by atoms with E-state index in [0.717, 1.165) is 0 Å². The van der Waals surface area contributed by atoms with Crippen LogP contribution in [-0.4, -0.2) is 30.2 Å². The number of aromatic amines is 1. The summed E-state index contributed by atoms with van der Waals surface area (Å²) in [6.45, 7) is 0.442. The van der Waals surface area contributed by atoms with Gasteiger partial charge in [0, 0.05) is 36.8 Å². The van der Waals surface area contributed by atoms with E-state index in [9.17, 15) is 19.2 Å². The number of amides is 1. The first-order chi connectivity index (χ1) is 15.5. The summed E-state index contributed by atoms with van der Waals surface area (Å²) in [5.74, 6) is -0.295. The molecule has 0 radical (unpaired) electrons. The lowest BCUT2D eigenvalue weighted by molar-refractivity contribution is -0.121. The van der Waals surface area contributed by atoms with Gasteiger partial charge in [0.15, 0.2) is 0 Å². The van der Waals surface area contributed by atoms with Gasteiger partial charge in [0.25, 0.3) is 11.1 Å². The van der Waals surface area contributed by atoms with Crippen LogP contribution in [0.25, 0.3) is 10.8 Å². The zero-order chi connectivity index (χ0) is 22.5. The number of rotatable bonds is 7. The van der Waals surface area contributed by atoms with Crippen LogP contribution in [-0.2, 0) is 24.4 Å². The molecule has 0 spiro atoms.